The summed E-state index contributed by atoms with van der Waals surface area (Å²) in [7, 11) is -4.63. The summed E-state index contributed by atoms with van der Waals surface area (Å²) >= 11 is 12.3. The first-order chi connectivity index (χ1) is 18.5. The van der Waals surface area contributed by atoms with E-state index in [0.717, 1.165) is 6.07 Å². The van der Waals surface area contributed by atoms with Gasteiger partial charge in [0.25, 0.3) is 16.0 Å². The Kier molecular flexibility index (Phi) is 8.41. The summed E-state index contributed by atoms with van der Waals surface area (Å²) in [6.07, 6.45) is 0.364. The maximum absolute atomic E-state index is 13.2. The lowest BCUT2D eigenvalue weighted by atomic mass is 10.0. The summed E-state index contributed by atoms with van der Waals surface area (Å²) in [5.41, 5.74) is 0.767. The Morgan fingerprint density at radius 1 is 1.03 bits per heavy atom. The number of rotatable bonds is 8. The number of hydrogen-bond acceptors (Lipinski definition) is 7. The topological polar surface area (TPSA) is 138 Å². The van der Waals surface area contributed by atoms with Crippen LogP contribution in [0, 0.1) is 0 Å². The zero-order valence-electron chi connectivity index (χ0n) is 20.8. The number of nitrogens with zero attached hydrogens (tertiary/aromatic N) is 2. The molecule has 0 unspecified atom stereocenters. The van der Waals surface area contributed by atoms with Crippen LogP contribution >= 0.6 is 23.2 Å². The average Bonchev–Trinajstić information content (AvgIpc) is 2.87. The summed E-state index contributed by atoms with van der Waals surface area (Å²) in [6.45, 7) is 3.99. The summed E-state index contributed by atoms with van der Waals surface area (Å²) < 4.78 is 38.7. The summed E-state index contributed by atoms with van der Waals surface area (Å²) in [5.74, 6) is -0.606. The van der Waals surface area contributed by atoms with Gasteiger partial charge in [-0.3, -0.25) is 9.35 Å². The van der Waals surface area contributed by atoms with E-state index >= 15 is 0 Å². The molecule has 0 aliphatic carbocycles. The molecule has 3 N–H and O–H groups in total. The van der Waals surface area contributed by atoms with E-state index in [9.17, 15) is 22.9 Å². The number of amides is 1. The number of ether oxygens (including phenoxy) is 1. The van der Waals surface area contributed by atoms with Gasteiger partial charge in [0.15, 0.2) is 5.75 Å². The highest BCUT2D eigenvalue weighted by Gasteiger charge is 2.21. The van der Waals surface area contributed by atoms with Crippen LogP contribution in [0.3, 0.4) is 0 Å². The van der Waals surface area contributed by atoms with Crippen LogP contribution in [-0.4, -0.2) is 30.6 Å². The predicted molar refractivity (Wildman–Crippen MR) is 151 cm³/mol. The number of phenolic OH excluding ortho intramolecular Hbond substituents is 1. The molecule has 0 fully saturated rings. The van der Waals surface area contributed by atoms with Crippen molar-refractivity contribution in [1.29, 1.82) is 0 Å². The van der Waals surface area contributed by atoms with Gasteiger partial charge in [-0.25, -0.2) is 0 Å². The molecule has 4 aromatic carbocycles. The second-order valence-electron chi connectivity index (χ2n) is 8.35. The molecular weight excluding hydrogens is 565 g/mol. The summed E-state index contributed by atoms with van der Waals surface area (Å²) in [5, 5.41) is 23.4. The second kappa shape index (κ2) is 11.6. The van der Waals surface area contributed by atoms with Crippen molar-refractivity contribution in [3.8, 4) is 11.5 Å². The monoisotopic (exact) mass is 587 g/mol. The maximum Gasteiger partial charge on any atom is 0.296 e. The Bertz CT molecular complexity index is 1720. The Morgan fingerprint density at radius 3 is 2.46 bits per heavy atom. The van der Waals surface area contributed by atoms with Crippen molar-refractivity contribution in [2.45, 2.75) is 25.2 Å². The zero-order valence-corrected chi connectivity index (χ0v) is 23.1. The molecule has 0 aliphatic rings. The zero-order chi connectivity index (χ0) is 28.3. The van der Waals surface area contributed by atoms with Crippen LogP contribution in [0.2, 0.25) is 10.0 Å². The highest BCUT2D eigenvalue weighted by Crippen LogP contribution is 2.40. The summed E-state index contributed by atoms with van der Waals surface area (Å²) in [4.78, 5) is 12.7. The van der Waals surface area contributed by atoms with Crippen LogP contribution in [0.1, 0.15) is 29.8 Å². The number of nitrogens with one attached hydrogen (secondary N) is 1. The SMILES string of the molecule is CCOc1cc(Cl)cc(NC(=O)c2cc3ccccc3c(N=Nc3cc(CC)c(Cl)c(S(=O)(=O)O)c3)c2O)c1. The molecule has 0 saturated carbocycles. The molecule has 1 amide bonds. The Morgan fingerprint density at radius 2 is 1.77 bits per heavy atom. The van der Waals surface area contributed by atoms with Gasteiger partial charge >= 0.3 is 0 Å². The molecule has 0 spiro atoms. The molecule has 0 radical (unpaired) electrons. The van der Waals surface area contributed by atoms with E-state index in [4.69, 9.17) is 27.9 Å². The fourth-order valence-electron chi connectivity index (χ4n) is 3.93. The smallest absolute Gasteiger partial charge is 0.296 e. The molecule has 0 aromatic heterocycles. The van der Waals surface area contributed by atoms with Crippen LogP contribution in [0.15, 0.2) is 75.8 Å². The van der Waals surface area contributed by atoms with Crippen molar-refractivity contribution in [2.24, 2.45) is 10.2 Å². The van der Waals surface area contributed by atoms with E-state index in [2.05, 4.69) is 15.5 Å². The van der Waals surface area contributed by atoms with Crippen molar-refractivity contribution in [3.05, 3.63) is 81.8 Å². The number of halogens is 2. The highest BCUT2D eigenvalue weighted by atomic mass is 35.5. The van der Waals surface area contributed by atoms with Gasteiger partial charge in [-0.2, -0.15) is 13.5 Å². The van der Waals surface area contributed by atoms with Crippen LogP contribution in [0.4, 0.5) is 17.1 Å². The largest absolute Gasteiger partial charge is 0.505 e. The van der Waals surface area contributed by atoms with E-state index in [1.165, 1.54) is 12.1 Å². The molecule has 4 aromatic rings. The number of aromatic hydroxyl groups is 1. The van der Waals surface area contributed by atoms with E-state index < -0.39 is 26.7 Å². The Hall–Kier alpha value is -3.70. The lowest BCUT2D eigenvalue weighted by Crippen LogP contribution is -2.12. The molecule has 39 heavy (non-hydrogen) atoms. The van der Waals surface area contributed by atoms with Gasteiger partial charge in [-0.05, 0) is 54.6 Å². The fourth-order valence-corrected chi connectivity index (χ4v) is 5.31. The van der Waals surface area contributed by atoms with Gasteiger partial charge < -0.3 is 15.2 Å². The first kappa shape index (κ1) is 28.3. The molecule has 9 nitrogen and oxygen atoms in total. The normalized spacial score (nSPS) is 11.7. The number of phenols is 1. The third-order valence-corrected chi connectivity index (χ3v) is 7.36. The number of carbonyl (C=O) groups is 1. The van der Waals surface area contributed by atoms with Gasteiger partial charge in [0.05, 0.1) is 22.9 Å². The molecule has 0 saturated heterocycles. The average molecular weight is 588 g/mol. The minimum absolute atomic E-state index is 0.0132. The number of azo groups is 1. The standard InChI is InChI=1S/C27H23Cl2N3O6S/c1-3-15-9-19(14-23(24(15)29)39(35,36)37)31-32-25-21-8-6-5-7-16(21)10-22(26(25)33)27(34)30-18-11-17(28)12-20(13-18)38-4-2/h5-14,33H,3-4H2,1-2H3,(H,30,34)(H,35,36,37). The van der Waals surface area contributed by atoms with Gasteiger partial charge in [-0.15, -0.1) is 5.11 Å². The third-order valence-electron chi connectivity index (χ3n) is 5.70. The molecule has 12 heteroatoms. The molecule has 202 valence electrons. The Labute approximate surface area is 234 Å². The lowest BCUT2D eigenvalue weighted by Gasteiger charge is -2.12. The molecule has 0 heterocycles. The van der Waals surface area contributed by atoms with E-state index in [1.807, 2.05) is 6.92 Å². The fraction of sp³-hybridized carbons (Fsp3) is 0.148. The Balaban J connectivity index is 1.79. The highest BCUT2D eigenvalue weighted by molar-refractivity contribution is 7.86. The van der Waals surface area contributed by atoms with Crippen LogP contribution in [0.5, 0.6) is 11.5 Å². The van der Waals surface area contributed by atoms with Crippen molar-refractivity contribution >= 4 is 67.1 Å². The quantitative estimate of drug-likeness (QED) is 0.142. The van der Waals surface area contributed by atoms with E-state index in [1.54, 1.807) is 49.4 Å². The van der Waals surface area contributed by atoms with Gasteiger partial charge in [0.2, 0.25) is 0 Å². The second-order valence-corrected chi connectivity index (χ2v) is 10.6. The van der Waals surface area contributed by atoms with Crippen molar-refractivity contribution < 1.29 is 27.6 Å². The molecule has 0 bridgehead atoms. The number of benzene rings is 4. The van der Waals surface area contributed by atoms with Gasteiger partial charge in [0.1, 0.15) is 16.3 Å². The number of carbonyl (C=O) groups excluding carboxylic acids is 1. The molecule has 0 aliphatic heterocycles. The van der Waals surface area contributed by atoms with Crippen LogP contribution < -0.4 is 10.1 Å². The van der Waals surface area contributed by atoms with Crippen LogP contribution in [0.25, 0.3) is 10.8 Å². The molecular formula is C27H23Cl2N3O6S. The lowest BCUT2D eigenvalue weighted by molar-refractivity contribution is 0.102. The number of aryl methyl sites for hydroxylation is 1. The first-order valence-corrected chi connectivity index (χ1v) is 13.9. The minimum Gasteiger partial charge on any atom is -0.505 e. The third kappa shape index (κ3) is 6.31. The molecule has 0 atom stereocenters. The van der Waals surface area contributed by atoms with Gasteiger partial charge in [-0.1, -0.05) is 54.4 Å². The number of fused-ring (bicyclic) bond motifs is 1. The summed E-state index contributed by atoms with van der Waals surface area (Å²) in [6, 6.07) is 15.8. The van der Waals surface area contributed by atoms with Crippen molar-refractivity contribution in [3.63, 3.8) is 0 Å². The van der Waals surface area contributed by atoms with Crippen LogP contribution in [-0.2, 0) is 16.5 Å². The van der Waals surface area contributed by atoms with Crippen molar-refractivity contribution in [2.75, 3.05) is 11.9 Å². The predicted octanol–water partition coefficient (Wildman–Crippen LogP) is 7.73. The number of hydrogen-bond donors (Lipinski definition) is 3. The maximum atomic E-state index is 13.2. The molecule has 4 rings (SSSR count). The van der Waals surface area contributed by atoms with Gasteiger partial charge in [0, 0.05) is 22.2 Å². The van der Waals surface area contributed by atoms with E-state index in [0.29, 0.717) is 45.8 Å². The van der Waals surface area contributed by atoms with E-state index in [-0.39, 0.29) is 22.0 Å². The van der Waals surface area contributed by atoms with Crippen molar-refractivity contribution in [1.82, 2.24) is 0 Å². The first-order valence-electron chi connectivity index (χ1n) is 11.7. The minimum atomic E-state index is -4.63. The number of anilines is 1.